The summed E-state index contributed by atoms with van der Waals surface area (Å²) in [5.41, 5.74) is 3.68. The molecular weight excluding hydrogens is 396 g/mol. The smallest absolute Gasteiger partial charge is 0.338 e. The Morgan fingerprint density at radius 2 is 1.87 bits per heavy atom. The van der Waals surface area contributed by atoms with Crippen molar-refractivity contribution in [1.29, 1.82) is 0 Å². The first-order valence-corrected chi connectivity index (χ1v) is 10.1. The highest BCUT2D eigenvalue weighted by Gasteiger charge is 2.38. The lowest BCUT2D eigenvalue weighted by Crippen LogP contribution is -2.48. The standard InChI is InChI=1S/C24H28N2O5/c1-6-30-23(27)21-19(14-31-17-12-11-15(2)16(3)13-17)26(4)24(28)25-22(21)18-9-7-8-10-20(18)29-5/h7-13,22H,6,14H2,1-5H3,(H,25,28). The van der Waals surface area contributed by atoms with Gasteiger partial charge in [-0.3, -0.25) is 4.90 Å². The van der Waals surface area contributed by atoms with Gasteiger partial charge >= 0.3 is 12.0 Å². The number of esters is 1. The van der Waals surface area contributed by atoms with Crippen molar-refractivity contribution in [2.45, 2.75) is 26.8 Å². The van der Waals surface area contributed by atoms with Crippen LogP contribution in [0.4, 0.5) is 4.79 Å². The summed E-state index contributed by atoms with van der Waals surface area (Å²) in [6, 6.07) is 12.0. The van der Waals surface area contributed by atoms with E-state index in [0.29, 0.717) is 28.3 Å². The zero-order valence-electron chi connectivity index (χ0n) is 18.5. The predicted octanol–water partition coefficient (Wildman–Crippen LogP) is 3.90. The fourth-order valence-electron chi connectivity index (χ4n) is 3.47. The summed E-state index contributed by atoms with van der Waals surface area (Å²) in [5.74, 6) is 0.713. The molecule has 2 aromatic rings. The number of ether oxygens (including phenoxy) is 3. The van der Waals surface area contributed by atoms with E-state index >= 15 is 0 Å². The van der Waals surface area contributed by atoms with Crippen molar-refractivity contribution < 1.29 is 23.8 Å². The van der Waals surface area contributed by atoms with Crippen LogP contribution in [0.15, 0.2) is 53.7 Å². The van der Waals surface area contributed by atoms with E-state index in [1.54, 1.807) is 27.1 Å². The van der Waals surface area contributed by atoms with E-state index in [2.05, 4.69) is 5.32 Å². The second kappa shape index (κ2) is 9.55. The SMILES string of the molecule is CCOC(=O)C1=C(COc2ccc(C)c(C)c2)N(C)C(=O)NC1c1ccccc1OC. The molecule has 2 aromatic carbocycles. The predicted molar refractivity (Wildman–Crippen MR) is 117 cm³/mol. The van der Waals surface area contributed by atoms with Crippen LogP contribution in [0.25, 0.3) is 0 Å². The van der Waals surface area contributed by atoms with Crippen LogP contribution in [-0.2, 0) is 9.53 Å². The van der Waals surface area contributed by atoms with E-state index < -0.39 is 12.0 Å². The van der Waals surface area contributed by atoms with Gasteiger partial charge in [0.1, 0.15) is 18.1 Å². The van der Waals surface area contributed by atoms with Gasteiger partial charge in [-0.1, -0.05) is 24.3 Å². The summed E-state index contributed by atoms with van der Waals surface area (Å²) in [6.07, 6.45) is 0. The minimum absolute atomic E-state index is 0.0339. The fourth-order valence-corrected chi connectivity index (χ4v) is 3.47. The van der Waals surface area contributed by atoms with Crippen LogP contribution in [0, 0.1) is 13.8 Å². The Morgan fingerprint density at radius 1 is 1.13 bits per heavy atom. The van der Waals surface area contributed by atoms with Crippen LogP contribution in [0.5, 0.6) is 11.5 Å². The number of nitrogens with zero attached hydrogens (tertiary/aromatic N) is 1. The molecule has 1 N–H and O–H groups in total. The number of carbonyl (C=O) groups is 2. The maximum absolute atomic E-state index is 13.0. The monoisotopic (exact) mass is 424 g/mol. The molecule has 1 aliphatic rings. The molecular formula is C24H28N2O5. The van der Waals surface area contributed by atoms with Gasteiger partial charge in [0.05, 0.1) is 31.0 Å². The Labute approximate surface area is 182 Å². The molecule has 164 valence electrons. The van der Waals surface area contributed by atoms with E-state index in [1.807, 2.05) is 50.2 Å². The number of nitrogens with one attached hydrogen (secondary N) is 1. The van der Waals surface area contributed by atoms with E-state index in [0.717, 1.165) is 11.1 Å². The topological polar surface area (TPSA) is 77.1 Å². The Balaban J connectivity index is 2.06. The maximum Gasteiger partial charge on any atom is 0.338 e. The third-order valence-corrected chi connectivity index (χ3v) is 5.38. The average molecular weight is 424 g/mol. The van der Waals surface area contributed by atoms with Gasteiger partial charge < -0.3 is 19.5 Å². The van der Waals surface area contributed by atoms with E-state index in [-0.39, 0.29) is 19.2 Å². The van der Waals surface area contributed by atoms with Crippen LogP contribution in [0.1, 0.15) is 29.7 Å². The molecule has 0 aliphatic carbocycles. The lowest BCUT2D eigenvalue weighted by Gasteiger charge is -2.34. The van der Waals surface area contributed by atoms with Crippen molar-refractivity contribution in [3.8, 4) is 11.5 Å². The molecule has 7 nitrogen and oxygen atoms in total. The molecule has 1 heterocycles. The molecule has 2 amide bonds. The lowest BCUT2D eigenvalue weighted by molar-refractivity contribution is -0.139. The van der Waals surface area contributed by atoms with Gasteiger partial charge in [0.2, 0.25) is 0 Å². The number of rotatable bonds is 7. The highest BCUT2D eigenvalue weighted by molar-refractivity contribution is 5.95. The number of benzene rings is 2. The van der Waals surface area contributed by atoms with Crippen LogP contribution in [0.2, 0.25) is 0 Å². The van der Waals surface area contributed by atoms with Crippen molar-refractivity contribution in [3.63, 3.8) is 0 Å². The maximum atomic E-state index is 13.0. The van der Waals surface area contributed by atoms with Gasteiger partial charge in [-0.15, -0.1) is 0 Å². The minimum atomic E-state index is -0.725. The van der Waals surface area contributed by atoms with Crippen LogP contribution in [-0.4, -0.2) is 44.3 Å². The van der Waals surface area contributed by atoms with E-state index in [9.17, 15) is 9.59 Å². The number of para-hydroxylation sites is 1. The molecule has 1 aliphatic heterocycles. The molecule has 7 heteroatoms. The fraction of sp³-hybridized carbons (Fsp3) is 0.333. The molecule has 1 unspecified atom stereocenters. The highest BCUT2D eigenvalue weighted by atomic mass is 16.5. The molecule has 0 aromatic heterocycles. The van der Waals surface area contributed by atoms with Crippen molar-refractivity contribution in [1.82, 2.24) is 10.2 Å². The number of hydrogen-bond donors (Lipinski definition) is 1. The first-order chi connectivity index (χ1) is 14.9. The number of likely N-dealkylation sites (N-methyl/N-ethyl adjacent to an activating group) is 1. The zero-order chi connectivity index (χ0) is 22.5. The number of urea groups is 1. The lowest BCUT2D eigenvalue weighted by atomic mass is 9.94. The summed E-state index contributed by atoms with van der Waals surface area (Å²) in [7, 11) is 3.15. The number of aryl methyl sites for hydroxylation is 2. The molecule has 0 saturated carbocycles. The number of amides is 2. The van der Waals surface area contributed by atoms with Gasteiger partial charge in [0.15, 0.2) is 0 Å². The number of methoxy groups -OCH3 is 1. The first-order valence-electron chi connectivity index (χ1n) is 10.1. The van der Waals surface area contributed by atoms with E-state index in [4.69, 9.17) is 14.2 Å². The second-order valence-electron chi connectivity index (χ2n) is 7.30. The molecule has 0 bridgehead atoms. The summed E-state index contributed by atoms with van der Waals surface area (Å²) in [5, 5.41) is 2.88. The normalized spacial score (nSPS) is 16.1. The molecule has 0 fully saturated rings. The Morgan fingerprint density at radius 3 is 2.55 bits per heavy atom. The van der Waals surface area contributed by atoms with Crippen molar-refractivity contribution in [2.75, 3.05) is 27.4 Å². The second-order valence-corrected chi connectivity index (χ2v) is 7.30. The third kappa shape index (κ3) is 4.66. The van der Waals surface area contributed by atoms with E-state index in [1.165, 1.54) is 4.90 Å². The summed E-state index contributed by atoms with van der Waals surface area (Å²) in [4.78, 5) is 27.1. The van der Waals surface area contributed by atoms with Crippen molar-refractivity contribution in [3.05, 3.63) is 70.4 Å². The van der Waals surface area contributed by atoms with Gasteiger partial charge in [-0.05, 0) is 50.1 Å². The van der Waals surface area contributed by atoms with Crippen LogP contribution < -0.4 is 14.8 Å². The molecule has 0 spiro atoms. The van der Waals surface area contributed by atoms with Gasteiger partial charge in [-0.2, -0.15) is 0 Å². The summed E-state index contributed by atoms with van der Waals surface area (Å²) in [6.45, 7) is 6.02. The minimum Gasteiger partial charge on any atom is -0.496 e. The Bertz CT molecular complexity index is 1010. The van der Waals surface area contributed by atoms with Crippen molar-refractivity contribution in [2.24, 2.45) is 0 Å². The highest BCUT2D eigenvalue weighted by Crippen LogP contribution is 2.35. The molecule has 31 heavy (non-hydrogen) atoms. The molecule has 0 radical (unpaired) electrons. The van der Waals surface area contributed by atoms with Crippen LogP contribution >= 0.6 is 0 Å². The zero-order valence-corrected chi connectivity index (χ0v) is 18.5. The average Bonchev–Trinajstić information content (AvgIpc) is 2.76. The third-order valence-electron chi connectivity index (χ3n) is 5.38. The first kappa shape index (κ1) is 22.2. The molecule has 0 saturated heterocycles. The summed E-state index contributed by atoms with van der Waals surface area (Å²) >= 11 is 0. The largest absolute Gasteiger partial charge is 0.496 e. The quantitative estimate of drug-likeness (QED) is 0.682. The van der Waals surface area contributed by atoms with Crippen molar-refractivity contribution >= 4 is 12.0 Å². The number of hydrogen-bond acceptors (Lipinski definition) is 5. The van der Waals surface area contributed by atoms with Crippen LogP contribution in [0.3, 0.4) is 0 Å². The van der Waals surface area contributed by atoms with Gasteiger partial charge in [0.25, 0.3) is 0 Å². The molecule has 1 atom stereocenters. The summed E-state index contributed by atoms with van der Waals surface area (Å²) < 4.78 is 16.8. The Hall–Kier alpha value is -3.48. The van der Waals surface area contributed by atoms with Gasteiger partial charge in [-0.25, -0.2) is 9.59 Å². The van der Waals surface area contributed by atoms with Gasteiger partial charge in [0, 0.05) is 12.6 Å². The Kier molecular flexibility index (Phi) is 6.84. The number of carbonyl (C=O) groups excluding carboxylic acids is 2. The molecule has 3 rings (SSSR count).